The summed E-state index contributed by atoms with van der Waals surface area (Å²) in [6.07, 6.45) is 5.41. The molecule has 0 bridgehead atoms. The Labute approximate surface area is 106 Å². The fraction of sp³-hybridized carbons (Fsp3) is 0.0667. The standard InChI is InChI=1S/C15H12N2O/c16-11-14-8-9-15(17-12-14)18-10-4-7-13-5-2-1-3-6-13/h1-9,12H,10H2. The maximum Gasteiger partial charge on any atom is 0.213 e. The van der Waals surface area contributed by atoms with Crippen LogP contribution in [0.3, 0.4) is 0 Å². The first kappa shape index (κ1) is 11.9. The van der Waals surface area contributed by atoms with Crippen LogP contribution in [0, 0.1) is 11.3 Å². The zero-order valence-electron chi connectivity index (χ0n) is 9.78. The molecule has 0 aliphatic carbocycles. The van der Waals surface area contributed by atoms with Crippen LogP contribution in [-0.4, -0.2) is 11.6 Å². The van der Waals surface area contributed by atoms with Crippen molar-refractivity contribution < 1.29 is 4.74 Å². The molecule has 0 amide bonds. The highest BCUT2D eigenvalue weighted by atomic mass is 16.5. The number of benzene rings is 1. The highest BCUT2D eigenvalue weighted by molar-refractivity contribution is 5.48. The molecule has 1 aromatic carbocycles. The molecule has 0 N–H and O–H groups in total. The zero-order chi connectivity index (χ0) is 12.6. The molecule has 1 heterocycles. The average Bonchev–Trinajstić information content (AvgIpc) is 2.45. The average molecular weight is 236 g/mol. The van der Waals surface area contributed by atoms with Crippen molar-refractivity contribution in [2.75, 3.05) is 6.61 Å². The van der Waals surface area contributed by atoms with Crippen molar-refractivity contribution in [3.8, 4) is 11.9 Å². The number of hydrogen-bond donors (Lipinski definition) is 0. The quantitative estimate of drug-likeness (QED) is 0.819. The number of rotatable bonds is 4. The van der Waals surface area contributed by atoms with Crippen molar-refractivity contribution in [1.29, 1.82) is 5.26 Å². The first-order chi connectivity index (χ1) is 8.88. The number of nitriles is 1. The molecular weight excluding hydrogens is 224 g/mol. The summed E-state index contributed by atoms with van der Waals surface area (Å²) in [6, 6.07) is 15.4. The molecule has 2 rings (SSSR count). The van der Waals surface area contributed by atoms with E-state index in [0.29, 0.717) is 18.1 Å². The topological polar surface area (TPSA) is 45.9 Å². The van der Waals surface area contributed by atoms with Crippen molar-refractivity contribution in [1.82, 2.24) is 4.98 Å². The summed E-state index contributed by atoms with van der Waals surface area (Å²) in [6.45, 7) is 0.452. The molecule has 0 atom stereocenters. The molecule has 3 heteroatoms. The molecule has 0 unspecified atom stereocenters. The molecule has 0 aliphatic rings. The van der Waals surface area contributed by atoms with Gasteiger partial charge in [0.2, 0.25) is 5.88 Å². The van der Waals surface area contributed by atoms with Gasteiger partial charge in [-0.15, -0.1) is 0 Å². The Hall–Kier alpha value is -2.60. The summed E-state index contributed by atoms with van der Waals surface area (Å²) >= 11 is 0. The molecule has 0 radical (unpaired) electrons. The maximum absolute atomic E-state index is 8.63. The predicted octanol–water partition coefficient (Wildman–Crippen LogP) is 3.05. The molecule has 0 spiro atoms. The van der Waals surface area contributed by atoms with Crippen molar-refractivity contribution in [2.45, 2.75) is 0 Å². The molecule has 0 saturated heterocycles. The SMILES string of the molecule is N#Cc1ccc(OCC=Cc2ccccc2)nc1. The van der Waals surface area contributed by atoms with Crippen LogP contribution in [0.4, 0.5) is 0 Å². The van der Waals surface area contributed by atoms with Gasteiger partial charge in [-0.3, -0.25) is 0 Å². The minimum Gasteiger partial charge on any atom is -0.473 e. The Kier molecular flexibility index (Phi) is 4.10. The van der Waals surface area contributed by atoms with E-state index in [1.165, 1.54) is 6.20 Å². The Morgan fingerprint density at radius 3 is 2.67 bits per heavy atom. The van der Waals surface area contributed by atoms with Crippen LogP contribution in [0.25, 0.3) is 6.08 Å². The van der Waals surface area contributed by atoms with E-state index < -0.39 is 0 Å². The van der Waals surface area contributed by atoms with Gasteiger partial charge in [0, 0.05) is 12.3 Å². The van der Waals surface area contributed by atoms with Crippen LogP contribution in [0.1, 0.15) is 11.1 Å². The summed E-state index contributed by atoms with van der Waals surface area (Å²) in [5.74, 6) is 0.520. The predicted molar refractivity (Wildman–Crippen MR) is 69.9 cm³/mol. The molecule has 3 nitrogen and oxygen atoms in total. The summed E-state index contributed by atoms with van der Waals surface area (Å²) in [5, 5.41) is 8.63. The van der Waals surface area contributed by atoms with Gasteiger partial charge >= 0.3 is 0 Å². The van der Waals surface area contributed by atoms with E-state index in [1.54, 1.807) is 12.1 Å². The number of pyridine rings is 1. The minimum absolute atomic E-state index is 0.452. The van der Waals surface area contributed by atoms with Crippen molar-refractivity contribution >= 4 is 6.08 Å². The summed E-state index contributed by atoms with van der Waals surface area (Å²) in [7, 11) is 0. The Morgan fingerprint density at radius 2 is 2.00 bits per heavy atom. The number of hydrogen-bond acceptors (Lipinski definition) is 3. The van der Waals surface area contributed by atoms with Gasteiger partial charge in [0.05, 0.1) is 5.56 Å². The van der Waals surface area contributed by atoms with Crippen LogP contribution in [0.15, 0.2) is 54.7 Å². The lowest BCUT2D eigenvalue weighted by molar-refractivity contribution is 0.349. The maximum atomic E-state index is 8.63. The largest absolute Gasteiger partial charge is 0.473 e. The lowest BCUT2D eigenvalue weighted by atomic mass is 10.2. The molecule has 2 aromatic rings. The Morgan fingerprint density at radius 1 is 1.17 bits per heavy atom. The second-order valence-electron chi connectivity index (χ2n) is 3.62. The first-order valence-electron chi connectivity index (χ1n) is 5.59. The number of ether oxygens (including phenoxy) is 1. The molecule has 0 fully saturated rings. The summed E-state index contributed by atoms with van der Waals surface area (Å²) in [4.78, 5) is 4.02. The van der Waals surface area contributed by atoms with Gasteiger partial charge in [0.1, 0.15) is 12.7 Å². The van der Waals surface area contributed by atoms with Crippen molar-refractivity contribution in [2.24, 2.45) is 0 Å². The molecule has 0 saturated carbocycles. The smallest absolute Gasteiger partial charge is 0.213 e. The summed E-state index contributed by atoms with van der Waals surface area (Å²) < 4.78 is 5.42. The second-order valence-corrected chi connectivity index (χ2v) is 3.62. The van der Waals surface area contributed by atoms with E-state index in [-0.39, 0.29) is 0 Å². The van der Waals surface area contributed by atoms with Crippen LogP contribution in [-0.2, 0) is 0 Å². The van der Waals surface area contributed by atoms with E-state index in [4.69, 9.17) is 10.00 Å². The Bertz CT molecular complexity index is 553. The van der Waals surface area contributed by atoms with Gasteiger partial charge < -0.3 is 4.74 Å². The van der Waals surface area contributed by atoms with E-state index in [2.05, 4.69) is 4.98 Å². The third-order valence-electron chi connectivity index (χ3n) is 2.30. The van der Waals surface area contributed by atoms with Crippen molar-refractivity contribution in [3.63, 3.8) is 0 Å². The van der Waals surface area contributed by atoms with E-state index >= 15 is 0 Å². The molecule has 0 aliphatic heterocycles. The van der Waals surface area contributed by atoms with Crippen LogP contribution < -0.4 is 4.74 Å². The van der Waals surface area contributed by atoms with Gasteiger partial charge in [0.15, 0.2) is 0 Å². The zero-order valence-corrected chi connectivity index (χ0v) is 9.78. The van der Waals surface area contributed by atoms with E-state index in [0.717, 1.165) is 5.56 Å². The third kappa shape index (κ3) is 3.46. The molecule has 88 valence electrons. The second kappa shape index (κ2) is 6.21. The molecule has 18 heavy (non-hydrogen) atoms. The fourth-order valence-electron chi connectivity index (χ4n) is 1.41. The third-order valence-corrected chi connectivity index (χ3v) is 2.30. The monoisotopic (exact) mass is 236 g/mol. The van der Waals surface area contributed by atoms with Crippen LogP contribution in [0.2, 0.25) is 0 Å². The fourth-order valence-corrected chi connectivity index (χ4v) is 1.41. The number of nitrogens with zero attached hydrogens (tertiary/aromatic N) is 2. The normalized spacial score (nSPS) is 10.2. The first-order valence-corrected chi connectivity index (χ1v) is 5.59. The lowest BCUT2D eigenvalue weighted by Crippen LogP contribution is -1.95. The molecule has 1 aromatic heterocycles. The van der Waals surface area contributed by atoms with Gasteiger partial charge in [-0.05, 0) is 17.7 Å². The number of aromatic nitrogens is 1. The van der Waals surface area contributed by atoms with Crippen LogP contribution >= 0.6 is 0 Å². The van der Waals surface area contributed by atoms with Gasteiger partial charge in [-0.2, -0.15) is 5.26 Å². The van der Waals surface area contributed by atoms with Crippen LogP contribution in [0.5, 0.6) is 5.88 Å². The van der Waals surface area contributed by atoms with Crippen molar-refractivity contribution in [3.05, 3.63) is 65.9 Å². The highest BCUT2D eigenvalue weighted by Crippen LogP contribution is 2.07. The van der Waals surface area contributed by atoms with E-state index in [9.17, 15) is 0 Å². The van der Waals surface area contributed by atoms with Gasteiger partial charge in [-0.25, -0.2) is 4.98 Å². The lowest BCUT2D eigenvalue weighted by Gasteiger charge is -2.00. The van der Waals surface area contributed by atoms with Gasteiger partial charge in [0.25, 0.3) is 0 Å². The van der Waals surface area contributed by atoms with Gasteiger partial charge in [-0.1, -0.05) is 36.4 Å². The molecular formula is C15H12N2O. The summed E-state index contributed by atoms with van der Waals surface area (Å²) in [5.41, 5.74) is 1.66. The van der Waals surface area contributed by atoms with E-state index in [1.807, 2.05) is 48.6 Å². The highest BCUT2D eigenvalue weighted by Gasteiger charge is 1.94. The Balaban J connectivity index is 1.85. The minimum atomic E-state index is 0.452.